The number of urea groups is 1. The van der Waals surface area contributed by atoms with Gasteiger partial charge in [-0.2, -0.15) is 5.26 Å². The molecule has 7 nitrogen and oxygen atoms in total. The average Bonchev–Trinajstić information content (AvgIpc) is 2.67. The summed E-state index contributed by atoms with van der Waals surface area (Å²) in [6.07, 6.45) is 3.09. The fourth-order valence-corrected chi connectivity index (χ4v) is 1.98. The second kappa shape index (κ2) is 9.49. The number of carbonyl (C=O) groups excluding carboxylic acids is 2. The molecule has 0 aromatic heterocycles. The average molecular weight is 350 g/mol. The highest BCUT2D eigenvalue weighted by atomic mass is 16.5. The van der Waals surface area contributed by atoms with Crippen molar-refractivity contribution in [3.63, 3.8) is 0 Å². The maximum absolute atomic E-state index is 12.0. The van der Waals surface area contributed by atoms with Gasteiger partial charge in [-0.05, 0) is 48.0 Å². The minimum Gasteiger partial charge on any atom is -0.479 e. The Hall–Kier alpha value is -3.79. The SMILES string of the molecule is CNC(=O)Nc1ccc(NC(=O)/C=C/c2ccc(OCC#N)cc2)cc1. The summed E-state index contributed by atoms with van der Waals surface area (Å²) in [4.78, 5) is 23.2. The van der Waals surface area contributed by atoms with Gasteiger partial charge in [0.05, 0.1) is 0 Å². The first-order valence-corrected chi connectivity index (χ1v) is 7.78. The second-order valence-electron chi connectivity index (χ2n) is 5.12. The van der Waals surface area contributed by atoms with E-state index in [2.05, 4.69) is 16.0 Å². The Morgan fingerprint density at radius 1 is 1.04 bits per heavy atom. The largest absolute Gasteiger partial charge is 0.479 e. The van der Waals surface area contributed by atoms with Crippen LogP contribution in [0.15, 0.2) is 54.6 Å². The number of carbonyl (C=O) groups is 2. The van der Waals surface area contributed by atoms with Gasteiger partial charge in [0, 0.05) is 24.5 Å². The zero-order valence-electron chi connectivity index (χ0n) is 14.2. The smallest absolute Gasteiger partial charge is 0.318 e. The summed E-state index contributed by atoms with van der Waals surface area (Å²) in [5.74, 6) is 0.320. The number of ether oxygens (including phenoxy) is 1. The Kier molecular flexibility index (Phi) is 6.77. The number of nitrogens with one attached hydrogen (secondary N) is 3. The number of benzene rings is 2. The highest BCUT2D eigenvalue weighted by Gasteiger charge is 2.01. The standard InChI is InChI=1S/C19H18N4O3/c1-21-19(25)23-16-7-5-15(6-8-16)22-18(24)11-4-14-2-9-17(10-3-14)26-13-12-20/h2-11H,13H2,1H3,(H,22,24)(H2,21,23,25)/b11-4+. The number of amides is 3. The van der Waals surface area contributed by atoms with Gasteiger partial charge in [-0.3, -0.25) is 4.79 Å². The quantitative estimate of drug-likeness (QED) is 0.697. The topological polar surface area (TPSA) is 103 Å². The van der Waals surface area contributed by atoms with Crippen LogP contribution < -0.4 is 20.7 Å². The lowest BCUT2D eigenvalue weighted by Gasteiger charge is -2.06. The van der Waals surface area contributed by atoms with Crippen molar-refractivity contribution in [2.45, 2.75) is 0 Å². The van der Waals surface area contributed by atoms with E-state index in [1.165, 1.54) is 13.1 Å². The lowest BCUT2D eigenvalue weighted by Crippen LogP contribution is -2.24. The zero-order chi connectivity index (χ0) is 18.8. The maximum Gasteiger partial charge on any atom is 0.318 e. The molecule has 0 atom stereocenters. The third kappa shape index (κ3) is 6.02. The summed E-state index contributed by atoms with van der Waals surface area (Å²) < 4.78 is 5.16. The van der Waals surface area contributed by atoms with Gasteiger partial charge < -0.3 is 20.7 Å². The molecule has 0 saturated heterocycles. The van der Waals surface area contributed by atoms with E-state index in [0.717, 1.165) is 5.56 Å². The van der Waals surface area contributed by atoms with Crippen molar-refractivity contribution >= 4 is 29.4 Å². The second-order valence-corrected chi connectivity index (χ2v) is 5.12. The van der Waals surface area contributed by atoms with Gasteiger partial charge in [0.1, 0.15) is 11.8 Å². The molecule has 3 amide bonds. The monoisotopic (exact) mass is 350 g/mol. The maximum atomic E-state index is 12.0. The number of anilines is 2. The molecule has 132 valence electrons. The van der Waals surface area contributed by atoms with E-state index in [4.69, 9.17) is 10.00 Å². The van der Waals surface area contributed by atoms with Gasteiger partial charge in [-0.25, -0.2) is 4.79 Å². The Morgan fingerprint density at radius 2 is 1.65 bits per heavy atom. The molecule has 7 heteroatoms. The van der Waals surface area contributed by atoms with E-state index in [0.29, 0.717) is 17.1 Å². The fraction of sp³-hybridized carbons (Fsp3) is 0.105. The number of hydrogen-bond donors (Lipinski definition) is 3. The lowest BCUT2D eigenvalue weighted by molar-refractivity contribution is -0.111. The Bertz CT molecular complexity index is 821. The number of hydrogen-bond acceptors (Lipinski definition) is 4. The molecule has 0 radical (unpaired) electrons. The van der Waals surface area contributed by atoms with Crippen LogP contribution in [0.25, 0.3) is 6.08 Å². The summed E-state index contributed by atoms with van der Waals surface area (Å²) in [5.41, 5.74) is 2.06. The van der Waals surface area contributed by atoms with Gasteiger partial charge in [0.15, 0.2) is 6.61 Å². The number of nitriles is 1. The number of rotatable bonds is 6. The first-order valence-electron chi connectivity index (χ1n) is 7.78. The predicted molar refractivity (Wildman–Crippen MR) is 99.7 cm³/mol. The Labute approximate surface area is 151 Å². The third-order valence-electron chi connectivity index (χ3n) is 3.25. The van der Waals surface area contributed by atoms with Crippen LogP contribution in [0.3, 0.4) is 0 Å². The van der Waals surface area contributed by atoms with Crippen molar-refractivity contribution in [3.05, 3.63) is 60.2 Å². The summed E-state index contributed by atoms with van der Waals surface area (Å²) in [5, 5.41) is 16.3. The molecule has 0 unspecified atom stereocenters. The van der Waals surface area contributed by atoms with Crippen LogP contribution >= 0.6 is 0 Å². The normalized spacial score (nSPS) is 10.0. The molecule has 0 bridgehead atoms. The molecule has 0 heterocycles. The van der Waals surface area contributed by atoms with Gasteiger partial charge in [0.25, 0.3) is 0 Å². The van der Waals surface area contributed by atoms with E-state index in [9.17, 15) is 9.59 Å². The minimum atomic E-state index is -0.311. The molecular formula is C19H18N4O3. The minimum absolute atomic E-state index is 0.00494. The van der Waals surface area contributed by atoms with Gasteiger partial charge >= 0.3 is 6.03 Å². The van der Waals surface area contributed by atoms with Crippen molar-refractivity contribution in [1.29, 1.82) is 5.26 Å². The van der Waals surface area contributed by atoms with E-state index < -0.39 is 0 Å². The van der Waals surface area contributed by atoms with Gasteiger partial charge in [-0.15, -0.1) is 0 Å². The van der Waals surface area contributed by atoms with Gasteiger partial charge in [0.2, 0.25) is 5.91 Å². The van der Waals surface area contributed by atoms with Crippen molar-refractivity contribution in [2.75, 3.05) is 24.3 Å². The van der Waals surface area contributed by atoms with Crippen molar-refractivity contribution in [1.82, 2.24) is 5.32 Å². The zero-order valence-corrected chi connectivity index (χ0v) is 14.2. The van der Waals surface area contributed by atoms with Crippen molar-refractivity contribution in [2.24, 2.45) is 0 Å². The molecule has 0 aliphatic rings. The molecule has 0 aliphatic heterocycles. The van der Waals surface area contributed by atoms with Crippen LogP contribution in [0.2, 0.25) is 0 Å². The fourth-order valence-electron chi connectivity index (χ4n) is 1.98. The third-order valence-corrected chi connectivity index (χ3v) is 3.25. The van der Waals surface area contributed by atoms with Gasteiger partial charge in [-0.1, -0.05) is 12.1 Å². The van der Waals surface area contributed by atoms with E-state index in [-0.39, 0.29) is 18.5 Å². The van der Waals surface area contributed by atoms with Crippen molar-refractivity contribution < 1.29 is 14.3 Å². The summed E-state index contributed by atoms with van der Waals surface area (Å²) in [7, 11) is 1.53. The molecular weight excluding hydrogens is 332 g/mol. The summed E-state index contributed by atoms with van der Waals surface area (Å²) in [6, 6.07) is 15.4. The van der Waals surface area contributed by atoms with Crippen LogP contribution in [-0.2, 0) is 4.79 Å². The predicted octanol–water partition coefficient (Wildman–Crippen LogP) is 2.99. The molecule has 0 fully saturated rings. The van der Waals surface area contributed by atoms with E-state index >= 15 is 0 Å². The van der Waals surface area contributed by atoms with Crippen LogP contribution in [0, 0.1) is 11.3 Å². The Balaban J connectivity index is 1.88. The van der Waals surface area contributed by atoms with Crippen LogP contribution in [-0.4, -0.2) is 25.6 Å². The first kappa shape index (κ1) is 18.5. The molecule has 2 aromatic carbocycles. The van der Waals surface area contributed by atoms with Crippen LogP contribution in [0.4, 0.5) is 16.2 Å². The lowest BCUT2D eigenvalue weighted by atomic mass is 10.2. The van der Waals surface area contributed by atoms with E-state index in [1.807, 2.05) is 6.07 Å². The number of nitrogens with zero attached hydrogens (tertiary/aromatic N) is 1. The highest BCUT2D eigenvalue weighted by Crippen LogP contribution is 2.15. The van der Waals surface area contributed by atoms with Crippen molar-refractivity contribution in [3.8, 4) is 11.8 Å². The summed E-state index contributed by atoms with van der Waals surface area (Å²) >= 11 is 0. The molecule has 2 rings (SSSR count). The summed E-state index contributed by atoms with van der Waals surface area (Å²) in [6.45, 7) is -0.00494. The van der Waals surface area contributed by atoms with Crippen LogP contribution in [0.5, 0.6) is 5.75 Å². The highest BCUT2D eigenvalue weighted by molar-refractivity contribution is 6.02. The molecule has 0 spiro atoms. The Morgan fingerprint density at radius 3 is 2.23 bits per heavy atom. The molecule has 0 aliphatic carbocycles. The molecule has 3 N–H and O–H groups in total. The van der Waals surface area contributed by atoms with Crippen LogP contribution in [0.1, 0.15) is 5.56 Å². The molecule has 26 heavy (non-hydrogen) atoms. The first-order chi connectivity index (χ1) is 12.6. The molecule has 2 aromatic rings. The van der Waals surface area contributed by atoms with E-state index in [1.54, 1.807) is 54.6 Å². The molecule has 0 saturated carbocycles.